The molecule has 2 heterocycles. The molecule has 5 rings (SSSR count). The maximum atomic E-state index is 13.6. The Morgan fingerprint density at radius 3 is 2.39 bits per heavy atom. The van der Waals surface area contributed by atoms with Gasteiger partial charge in [0.1, 0.15) is 12.4 Å². The van der Waals surface area contributed by atoms with Crippen molar-refractivity contribution in [2.75, 3.05) is 37.7 Å². The quantitative estimate of drug-likeness (QED) is 0.305. The number of halogens is 6. The van der Waals surface area contributed by atoms with Crippen LogP contribution in [0.25, 0.3) is 10.9 Å². The molecule has 5 nitrogen and oxygen atoms in total. The molecule has 3 aliphatic rings. The highest BCUT2D eigenvalue weighted by molar-refractivity contribution is 5.82. The van der Waals surface area contributed by atoms with E-state index in [1.54, 1.807) is 4.90 Å². The summed E-state index contributed by atoms with van der Waals surface area (Å²) in [7, 11) is 0. The molecule has 0 radical (unpaired) electrons. The Hall–Kier alpha value is -3.24. The SMILES string of the molecule is CCN(CC1CCCC1)c1nc2ccccc2cc1CN(CC1C=C(C(F)(F)F)C=C(C(F)(F)F)C1)C1=NCCO1. The fraction of sp³-hybridized carbons (Fsp3) is 0.533. The highest BCUT2D eigenvalue weighted by Crippen LogP contribution is 2.40. The molecule has 1 atom stereocenters. The van der Waals surface area contributed by atoms with Gasteiger partial charge < -0.3 is 14.5 Å². The van der Waals surface area contributed by atoms with Crippen LogP contribution in [0.15, 0.2) is 58.6 Å². The van der Waals surface area contributed by atoms with Crippen LogP contribution in [0.5, 0.6) is 0 Å². The Bertz CT molecular complexity index is 1330. The number of allylic oxidation sites excluding steroid dienone is 3. The first kappa shape index (κ1) is 29.3. The molecule has 1 saturated carbocycles. The number of aliphatic imine (C=N–C) groups is 1. The van der Waals surface area contributed by atoms with Crippen LogP contribution in [-0.2, 0) is 11.3 Å². The van der Waals surface area contributed by atoms with E-state index in [9.17, 15) is 26.3 Å². The molecular formula is C30H34F6N4O. The van der Waals surface area contributed by atoms with Crippen LogP contribution in [0.1, 0.15) is 44.6 Å². The molecule has 1 aliphatic heterocycles. The number of para-hydroxylation sites is 1. The summed E-state index contributed by atoms with van der Waals surface area (Å²) in [6, 6.07) is 9.94. The summed E-state index contributed by atoms with van der Waals surface area (Å²) in [6.07, 6.45) is -4.47. The Kier molecular flexibility index (Phi) is 8.52. The van der Waals surface area contributed by atoms with Crippen molar-refractivity contribution in [3.05, 3.63) is 59.2 Å². The van der Waals surface area contributed by atoms with Gasteiger partial charge in [-0.05, 0) is 56.2 Å². The number of ether oxygens (including phenoxy) is 1. The van der Waals surface area contributed by atoms with Gasteiger partial charge in [-0.1, -0.05) is 37.1 Å². The highest BCUT2D eigenvalue weighted by atomic mass is 19.4. The number of nitrogens with zero attached hydrogens (tertiary/aromatic N) is 4. The number of hydrogen-bond acceptors (Lipinski definition) is 5. The lowest BCUT2D eigenvalue weighted by molar-refractivity contribution is -0.100. The van der Waals surface area contributed by atoms with Crippen molar-refractivity contribution >= 4 is 22.7 Å². The molecule has 0 spiro atoms. The zero-order valence-electron chi connectivity index (χ0n) is 22.9. The number of aromatic nitrogens is 1. The summed E-state index contributed by atoms with van der Waals surface area (Å²) >= 11 is 0. The smallest absolute Gasteiger partial charge is 0.416 e. The number of amidine groups is 1. The van der Waals surface area contributed by atoms with Gasteiger partial charge in [0, 0.05) is 36.2 Å². The van der Waals surface area contributed by atoms with E-state index in [-0.39, 0.29) is 25.2 Å². The van der Waals surface area contributed by atoms with Gasteiger partial charge >= 0.3 is 12.4 Å². The normalized spacial score (nSPS) is 20.1. The van der Waals surface area contributed by atoms with Crippen LogP contribution in [0.4, 0.5) is 32.2 Å². The topological polar surface area (TPSA) is 41.0 Å². The molecule has 0 N–H and O–H groups in total. The number of benzene rings is 1. The van der Waals surface area contributed by atoms with Crippen LogP contribution >= 0.6 is 0 Å². The van der Waals surface area contributed by atoms with Gasteiger partial charge in [0.2, 0.25) is 0 Å². The van der Waals surface area contributed by atoms with Crippen LogP contribution in [0, 0.1) is 11.8 Å². The maximum Gasteiger partial charge on any atom is 0.416 e. The lowest BCUT2D eigenvalue weighted by Gasteiger charge is -2.32. The average Bonchev–Trinajstić information content (AvgIpc) is 3.65. The predicted molar refractivity (Wildman–Crippen MR) is 147 cm³/mol. The molecule has 2 aliphatic carbocycles. The molecule has 222 valence electrons. The van der Waals surface area contributed by atoms with Crippen LogP contribution in [0.3, 0.4) is 0 Å². The Balaban J connectivity index is 1.49. The van der Waals surface area contributed by atoms with E-state index in [0.29, 0.717) is 25.6 Å². The second-order valence-corrected chi connectivity index (χ2v) is 11.0. The van der Waals surface area contributed by atoms with Gasteiger partial charge in [0.05, 0.1) is 24.2 Å². The molecule has 0 saturated heterocycles. The molecule has 0 bridgehead atoms. The number of pyridine rings is 1. The average molecular weight is 581 g/mol. The Morgan fingerprint density at radius 2 is 1.73 bits per heavy atom. The molecule has 1 fully saturated rings. The number of rotatable bonds is 8. The zero-order chi connectivity index (χ0) is 29.2. The van der Waals surface area contributed by atoms with Gasteiger partial charge in [-0.25, -0.2) is 9.98 Å². The fourth-order valence-electron chi connectivity index (χ4n) is 6.00. The second-order valence-electron chi connectivity index (χ2n) is 11.0. The molecule has 1 aromatic carbocycles. The standard InChI is InChI=1S/C30H34F6N4O/c1-2-39(17-20-7-3-4-8-20)27-23(15-22-9-5-6-10-26(22)38-27)19-40(28-37-11-12-41-28)18-21-13-24(29(31,32)33)16-25(14-21)30(34,35)36/h5-6,9-10,13,15-16,20-21H,2-4,7-8,11-12,14,17-19H2,1H3. The first-order valence-corrected chi connectivity index (χ1v) is 14.1. The van der Waals surface area contributed by atoms with E-state index >= 15 is 0 Å². The molecule has 2 aromatic rings. The Morgan fingerprint density at radius 1 is 0.976 bits per heavy atom. The summed E-state index contributed by atoms with van der Waals surface area (Å²) in [6.45, 7) is 4.36. The minimum Gasteiger partial charge on any atom is -0.463 e. The van der Waals surface area contributed by atoms with E-state index in [4.69, 9.17) is 9.72 Å². The molecular weight excluding hydrogens is 546 g/mol. The van der Waals surface area contributed by atoms with Crippen LogP contribution in [0.2, 0.25) is 0 Å². The lowest BCUT2D eigenvalue weighted by atomic mass is 9.89. The largest absolute Gasteiger partial charge is 0.463 e. The van der Waals surface area contributed by atoms with Crippen molar-refractivity contribution in [2.45, 2.75) is 57.9 Å². The van der Waals surface area contributed by atoms with Gasteiger partial charge in [0.25, 0.3) is 6.02 Å². The maximum absolute atomic E-state index is 13.6. The van der Waals surface area contributed by atoms with Gasteiger partial charge in [-0.2, -0.15) is 26.3 Å². The predicted octanol–water partition coefficient (Wildman–Crippen LogP) is 7.44. The summed E-state index contributed by atoms with van der Waals surface area (Å²) < 4.78 is 87.4. The van der Waals surface area contributed by atoms with Crippen molar-refractivity contribution in [3.8, 4) is 0 Å². The van der Waals surface area contributed by atoms with Crippen molar-refractivity contribution in [2.24, 2.45) is 16.8 Å². The number of anilines is 1. The van der Waals surface area contributed by atoms with E-state index in [2.05, 4.69) is 16.8 Å². The van der Waals surface area contributed by atoms with Gasteiger partial charge in [-0.15, -0.1) is 0 Å². The van der Waals surface area contributed by atoms with E-state index in [1.807, 2.05) is 30.3 Å². The van der Waals surface area contributed by atoms with Crippen molar-refractivity contribution in [1.29, 1.82) is 0 Å². The van der Waals surface area contributed by atoms with Crippen LogP contribution in [-0.4, -0.2) is 61.0 Å². The summed E-state index contributed by atoms with van der Waals surface area (Å²) in [5, 5.41) is 0.900. The number of fused-ring (bicyclic) bond motifs is 1. The minimum atomic E-state index is -4.89. The van der Waals surface area contributed by atoms with Crippen molar-refractivity contribution in [3.63, 3.8) is 0 Å². The molecule has 41 heavy (non-hydrogen) atoms. The monoisotopic (exact) mass is 580 g/mol. The van der Waals surface area contributed by atoms with Crippen molar-refractivity contribution in [1.82, 2.24) is 9.88 Å². The molecule has 1 unspecified atom stereocenters. The lowest BCUT2D eigenvalue weighted by Crippen LogP contribution is -2.37. The number of hydrogen-bond donors (Lipinski definition) is 0. The van der Waals surface area contributed by atoms with E-state index in [0.717, 1.165) is 47.7 Å². The third-order valence-electron chi connectivity index (χ3n) is 7.99. The molecule has 11 heteroatoms. The molecule has 1 aromatic heterocycles. The Labute approximate surface area is 235 Å². The highest BCUT2D eigenvalue weighted by Gasteiger charge is 2.42. The third kappa shape index (κ3) is 6.98. The molecule has 0 amide bonds. The van der Waals surface area contributed by atoms with E-state index in [1.165, 1.54) is 12.8 Å². The van der Waals surface area contributed by atoms with Gasteiger partial charge in [-0.3, -0.25) is 0 Å². The number of alkyl halides is 6. The second kappa shape index (κ2) is 11.9. The van der Waals surface area contributed by atoms with Crippen LogP contribution < -0.4 is 4.90 Å². The van der Waals surface area contributed by atoms with Crippen molar-refractivity contribution < 1.29 is 31.1 Å². The summed E-state index contributed by atoms with van der Waals surface area (Å²) in [4.78, 5) is 13.3. The summed E-state index contributed by atoms with van der Waals surface area (Å²) in [5.41, 5.74) is -0.822. The van der Waals surface area contributed by atoms with Gasteiger partial charge in [0.15, 0.2) is 0 Å². The van der Waals surface area contributed by atoms with E-state index < -0.39 is 35.8 Å². The zero-order valence-corrected chi connectivity index (χ0v) is 22.9. The first-order chi connectivity index (χ1) is 19.5. The minimum absolute atomic E-state index is 0.118. The summed E-state index contributed by atoms with van der Waals surface area (Å²) in [5.74, 6) is 0.279. The fourth-order valence-corrected chi connectivity index (χ4v) is 6.00. The first-order valence-electron chi connectivity index (χ1n) is 14.1. The third-order valence-corrected chi connectivity index (χ3v) is 7.99.